The van der Waals surface area contributed by atoms with Gasteiger partial charge in [-0.2, -0.15) is 0 Å². The van der Waals surface area contributed by atoms with Crippen LogP contribution in [0.2, 0.25) is 0 Å². The molecule has 0 saturated carbocycles. The van der Waals surface area contributed by atoms with Crippen LogP contribution in [0.1, 0.15) is 5.56 Å². The van der Waals surface area contributed by atoms with Crippen molar-refractivity contribution in [2.45, 2.75) is 0 Å². The van der Waals surface area contributed by atoms with Crippen molar-refractivity contribution < 1.29 is 0 Å². The fourth-order valence-electron chi connectivity index (χ4n) is 1.24. The first-order valence-corrected chi connectivity index (χ1v) is 3.48. The lowest BCUT2D eigenvalue weighted by Gasteiger charge is -1.92. The lowest BCUT2D eigenvalue weighted by Crippen LogP contribution is -1.78. The van der Waals surface area contributed by atoms with E-state index in [9.17, 15) is 0 Å². The van der Waals surface area contributed by atoms with Gasteiger partial charge < -0.3 is 10.4 Å². The second-order valence-electron chi connectivity index (χ2n) is 2.43. The van der Waals surface area contributed by atoms with Crippen molar-refractivity contribution in [2.75, 3.05) is 0 Å². The Morgan fingerprint density at radius 3 is 3.00 bits per heavy atom. The van der Waals surface area contributed by atoms with E-state index in [1.54, 1.807) is 0 Å². The molecular formula is C9H8N2. The topological polar surface area (TPSA) is 39.6 Å². The Bertz CT molecular complexity index is 387. The molecule has 2 N–H and O–H groups in total. The monoisotopic (exact) mass is 144 g/mol. The van der Waals surface area contributed by atoms with Crippen LogP contribution >= 0.6 is 0 Å². The Morgan fingerprint density at radius 2 is 2.18 bits per heavy atom. The molecular weight excluding hydrogens is 136 g/mol. The Hall–Kier alpha value is -1.57. The zero-order chi connectivity index (χ0) is 7.68. The highest BCUT2D eigenvalue weighted by molar-refractivity contribution is 5.97. The van der Waals surface area contributed by atoms with E-state index in [4.69, 9.17) is 5.41 Å². The van der Waals surface area contributed by atoms with Crippen LogP contribution in [0, 0.1) is 5.41 Å². The van der Waals surface area contributed by atoms with Gasteiger partial charge in [0.2, 0.25) is 0 Å². The number of rotatable bonds is 1. The van der Waals surface area contributed by atoms with E-state index in [-0.39, 0.29) is 0 Å². The van der Waals surface area contributed by atoms with Crippen LogP contribution in [0.3, 0.4) is 0 Å². The molecule has 0 aliphatic carbocycles. The Morgan fingerprint density at radius 1 is 1.27 bits per heavy atom. The molecule has 2 heteroatoms. The van der Waals surface area contributed by atoms with Gasteiger partial charge in [-0.15, -0.1) is 0 Å². The molecule has 2 rings (SSSR count). The molecule has 1 aromatic heterocycles. The van der Waals surface area contributed by atoms with Crippen molar-refractivity contribution in [1.29, 1.82) is 5.41 Å². The van der Waals surface area contributed by atoms with Gasteiger partial charge in [-0.25, -0.2) is 0 Å². The number of nitrogens with one attached hydrogen (secondary N) is 2. The minimum atomic E-state index is 0.962. The molecule has 0 unspecified atom stereocenters. The molecule has 0 radical (unpaired) electrons. The highest BCUT2D eigenvalue weighted by atomic mass is 14.7. The largest absolute Gasteiger partial charge is 0.361 e. The van der Waals surface area contributed by atoms with Gasteiger partial charge in [-0.05, 0) is 12.1 Å². The highest BCUT2D eigenvalue weighted by Crippen LogP contribution is 2.14. The van der Waals surface area contributed by atoms with Gasteiger partial charge >= 0.3 is 0 Å². The zero-order valence-corrected chi connectivity index (χ0v) is 5.96. The zero-order valence-electron chi connectivity index (χ0n) is 5.96. The standard InChI is InChI=1S/C9H8N2/c10-6-7-2-1-3-9-8(7)4-5-11-9/h1-6,10-11H. The van der Waals surface area contributed by atoms with Crippen molar-refractivity contribution in [3.8, 4) is 0 Å². The summed E-state index contributed by atoms with van der Waals surface area (Å²) in [7, 11) is 0. The van der Waals surface area contributed by atoms with E-state index >= 15 is 0 Å². The molecule has 2 aromatic rings. The van der Waals surface area contributed by atoms with Gasteiger partial charge in [0, 0.05) is 28.9 Å². The predicted octanol–water partition coefficient (Wildman–Crippen LogP) is 2.17. The maximum Gasteiger partial charge on any atom is 0.0460 e. The van der Waals surface area contributed by atoms with Crippen LogP contribution in [0.4, 0.5) is 0 Å². The average molecular weight is 144 g/mol. The number of aromatic amines is 1. The van der Waals surface area contributed by atoms with Gasteiger partial charge in [-0.3, -0.25) is 0 Å². The lowest BCUT2D eigenvalue weighted by atomic mass is 10.1. The van der Waals surface area contributed by atoms with Crippen molar-refractivity contribution in [1.82, 2.24) is 4.98 Å². The summed E-state index contributed by atoms with van der Waals surface area (Å²) < 4.78 is 0. The van der Waals surface area contributed by atoms with Gasteiger partial charge in [0.1, 0.15) is 0 Å². The van der Waals surface area contributed by atoms with Crippen LogP contribution in [0.5, 0.6) is 0 Å². The van der Waals surface area contributed by atoms with Crippen LogP contribution in [0.15, 0.2) is 30.5 Å². The minimum absolute atomic E-state index is 0.962. The summed E-state index contributed by atoms with van der Waals surface area (Å²) in [6.45, 7) is 0. The van der Waals surface area contributed by atoms with Crippen LogP contribution in [0.25, 0.3) is 10.9 Å². The number of hydrogen-bond donors (Lipinski definition) is 2. The van der Waals surface area contributed by atoms with E-state index < -0.39 is 0 Å². The van der Waals surface area contributed by atoms with Crippen LogP contribution in [-0.2, 0) is 0 Å². The summed E-state index contributed by atoms with van der Waals surface area (Å²) in [5.41, 5.74) is 2.05. The Kier molecular flexibility index (Phi) is 1.25. The third-order valence-electron chi connectivity index (χ3n) is 1.78. The molecule has 2 nitrogen and oxygen atoms in total. The number of H-pyrrole nitrogens is 1. The first-order chi connectivity index (χ1) is 5.42. The molecule has 11 heavy (non-hydrogen) atoms. The number of aromatic nitrogens is 1. The lowest BCUT2D eigenvalue weighted by molar-refractivity contribution is 1.48. The first kappa shape index (κ1) is 6.16. The van der Waals surface area contributed by atoms with Crippen molar-refractivity contribution in [3.63, 3.8) is 0 Å². The van der Waals surface area contributed by atoms with Crippen molar-refractivity contribution in [3.05, 3.63) is 36.0 Å². The Balaban J connectivity index is 2.88. The summed E-state index contributed by atoms with van der Waals surface area (Å²) in [4.78, 5) is 3.09. The maximum atomic E-state index is 7.13. The van der Waals surface area contributed by atoms with E-state index in [1.807, 2.05) is 30.5 Å². The maximum absolute atomic E-state index is 7.13. The number of fused-ring (bicyclic) bond motifs is 1. The predicted molar refractivity (Wildman–Crippen MR) is 46.2 cm³/mol. The molecule has 1 heterocycles. The molecule has 0 aliphatic rings. The fourth-order valence-corrected chi connectivity index (χ4v) is 1.24. The van der Waals surface area contributed by atoms with Crippen LogP contribution < -0.4 is 0 Å². The van der Waals surface area contributed by atoms with Crippen molar-refractivity contribution >= 4 is 17.1 Å². The van der Waals surface area contributed by atoms with Gasteiger partial charge in [0.25, 0.3) is 0 Å². The normalized spacial score (nSPS) is 10.2. The smallest absolute Gasteiger partial charge is 0.0460 e. The fraction of sp³-hybridized carbons (Fsp3) is 0. The van der Waals surface area contributed by atoms with E-state index in [1.165, 1.54) is 6.21 Å². The molecule has 0 spiro atoms. The molecule has 0 atom stereocenters. The van der Waals surface area contributed by atoms with Gasteiger partial charge in [0.15, 0.2) is 0 Å². The SMILES string of the molecule is N=Cc1cccc2[nH]ccc12. The number of hydrogen-bond acceptors (Lipinski definition) is 1. The molecule has 54 valence electrons. The van der Waals surface area contributed by atoms with Crippen molar-refractivity contribution in [2.24, 2.45) is 0 Å². The molecule has 0 bridgehead atoms. The quantitative estimate of drug-likeness (QED) is 0.576. The molecule has 0 amide bonds. The van der Waals surface area contributed by atoms with Gasteiger partial charge in [-0.1, -0.05) is 12.1 Å². The van der Waals surface area contributed by atoms with Gasteiger partial charge in [0.05, 0.1) is 0 Å². The minimum Gasteiger partial charge on any atom is -0.361 e. The molecule has 0 fully saturated rings. The van der Waals surface area contributed by atoms with E-state index in [0.29, 0.717) is 0 Å². The molecule has 0 aliphatic heterocycles. The summed E-state index contributed by atoms with van der Waals surface area (Å²) in [6.07, 6.45) is 3.26. The third-order valence-corrected chi connectivity index (χ3v) is 1.78. The summed E-state index contributed by atoms with van der Waals surface area (Å²) in [5, 5.41) is 8.24. The van der Waals surface area contributed by atoms with E-state index in [0.717, 1.165) is 16.5 Å². The highest BCUT2D eigenvalue weighted by Gasteiger charge is 1.96. The summed E-state index contributed by atoms with van der Waals surface area (Å²) >= 11 is 0. The summed E-state index contributed by atoms with van der Waals surface area (Å²) in [6, 6.07) is 7.86. The average Bonchev–Trinajstić information content (AvgIpc) is 2.50. The molecule has 0 saturated heterocycles. The first-order valence-electron chi connectivity index (χ1n) is 3.48. The van der Waals surface area contributed by atoms with Crippen LogP contribution in [-0.4, -0.2) is 11.2 Å². The van der Waals surface area contributed by atoms with E-state index in [2.05, 4.69) is 4.98 Å². The second-order valence-corrected chi connectivity index (χ2v) is 2.43. The number of benzene rings is 1. The Labute approximate surface area is 64.4 Å². The molecule has 1 aromatic carbocycles. The summed E-state index contributed by atoms with van der Waals surface area (Å²) in [5.74, 6) is 0. The second kappa shape index (κ2) is 2.23. The third kappa shape index (κ3) is 0.835.